The zero-order chi connectivity index (χ0) is 14.0. The maximum absolute atomic E-state index is 12.3. The normalized spacial score (nSPS) is 16.0. The third-order valence-electron chi connectivity index (χ3n) is 3.32. The first-order chi connectivity index (χ1) is 8.94. The van der Waals surface area contributed by atoms with Crippen molar-refractivity contribution in [2.24, 2.45) is 5.41 Å². The van der Waals surface area contributed by atoms with Crippen molar-refractivity contribution in [3.05, 3.63) is 29.8 Å². The molecule has 2 N–H and O–H groups in total. The fraction of sp³-hybridized carbons (Fsp3) is 0.467. The molecule has 1 aliphatic rings. The van der Waals surface area contributed by atoms with Crippen molar-refractivity contribution in [3.8, 4) is 0 Å². The van der Waals surface area contributed by atoms with Gasteiger partial charge in [-0.1, -0.05) is 12.1 Å². The maximum Gasteiger partial charge on any atom is 0.240 e. The Morgan fingerprint density at radius 1 is 1.21 bits per heavy atom. The summed E-state index contributed by atoms with van der Waals surface area (Å²) < 4.78 is 0. The third kappa shape index (κ3) is 2.95. The van der Waals surface area contributed by atoms with Crippen molar-refractivity contribution in [2.45, 2.75) is 39.7 Å². The van der Waals surface area contributed by atoms with Crippen LogP contribution < -0.4 is 10.6 Å². The Morgan fingerprint density at radius 3 is 2.42 bits per heavy atom. The van der Waals surface area contributed by atoms with Gasteiger partial charge in [-0.2, -0.15) is 0 Å². The average Bonchev–Trinajstić information content (AvgIpc) is 3.08. The quantitative estimate of drug-likeness (QED) is 0.816. The zero-order valence-electron chi connectivity index (χ0n) is 11.6. The molecule has 0 saturated heterocycles. The maximum atomic E-state index is 12.3. The summed E-state index contributed by atoms with van der Waals surface area (Å²) in [4.78, 5) is 24.3. The predicted molar refractivity (Wildman–Crippen MR) is 74.8 cm³/mol. The van der Waals surface area contributed by atoms with Crippen molar-refractivity contribution >= 4 is 17.5 Å². The van der Waals surface area contributed by atoms with E-state index >= 15 is 0 Å². The monoisotopic (exact) mass is 260 g/mol. The molecule has 2 amide bonds. The molecule has 0 spiro atoms. The van der Waals surface area contributed by atoms with Gasteiger partial charge in [0.1, 0.15) is 5.41 Å². The fourth-order valence-corrected chi connectivity index (χ4v) is 2.06. The van der Waals surface area contributed by atoms with Gasteiger partial charge < -0.3 is 10.6 Å². The van der Waals surface area contributed by atoms with E-state index in [1.54, 1.807) is 0 Å². The number of nitrogens with one attached hydrogen (secondary N) is 2. The third-order valence-corrected chi connectivity index (χ3v) is 3.32. The van der Waals surface area contributed by atoms with Crippen LogP contribution in [0.5, 0.6) is 0 Å². The van der Waals surface area contributed by atoms with E-state index in [1.165, 1.54) is 0 Å². The molecule has 0 bridgehead atoms. The van der Waals surface area contributed by atoms with E-state index in [1.807, 2.05) is 45.0 Å². The van der Waals surface area contributed by atoms with Gasteiger partial charge in [0.25, 0.3) is 0 Å². The first-order valence-electron chi connectivity index (χ1n) is 6.63. The molecule has 19 heavy (non-hydrogen) atoms. The standard InChI is InChI=1S/C15H20N2O2/c1-10(2)16-13(18)15(7-8-15)14(19)17-12-6-4-5-11(3)9-12/h4-6,9-10H,7-8H2,1-3H3,(H,16,18)(H,17,19). The second-order valence-electron chi connectivity index (χ2n) is 5.53. The second kappa shape index (κ2) is 5.03. The number of amides is 2. The first-order valence-corrected chi connectivity index (χ1v) is 6.63. The van der Waals surface area contributed by atoms with E-state index in [9.17, 15) is 9.59 Å². The predicted octanol–water partition coefficient (Wildman–Crippen LogP) is 2.24. The number of anilines is 1. The minimum atomic E-state index is -0.853. The van der Waals surface area contributed by atoms with Crippen molar-refractivity contribution < 1.29 is 9.59 Å². The van der Waals surface area contributed by atoms with E-state index in [0.29, 0.717) is 12.8 Å². The van der Waals surface area contributed by atoms with E-state index in [4.69, 9.17) is 0 Å². The molecule has 0 aromatic heterocycles. The summed E-state index contributed by atoms with van der Waals surface area (Å²) in [6.07, 6.45) is 1.26. The molecule has 0 unspecified atom stereocenters. The molecular weight excluding hydrogens is 240 g/mol. The lowest BCUT2D eigenvalue weighted by Crippen LogP contribution is -2.42. The molecule has 1 fully saturated rings. The second-order valence-corrected chi connectivity index (χ2v) is 5.53. The highest BCUT2D eigenvalue weighted by Crippen LogP contribution is 2.46. The topological polar surface area (TPSA) is 58.2 Å². The number of hydrogen-bond donors (Lipinski definition) is 2. The van der Waals surface area contributed by atoms with Crippen LogP contribution in [0.4, 0.5) is 5.69 Å². The van der Waals surface area contributed by atoms with Crippen LogP contribution in [-0.2, 0) is 9.59 Å². The zero-order valence-corrected chi connectivity index (χ0v) is 11.6. The van der Waals surface area contributed by atoms with Gasteiger partial charge in [-0.25, -0.2) is 0 Å². The molecule has 4 nitrogen and oxygen atoms in total. The molecule has 0 radical (unpaired) electrons. The van der Waals surface area contributed by atoms with Crippen LogP contribution in [0.1, 0.15) is 32.3 Å². The van der Waals surface area contributed by atoms with Crippen LogP contribution in [0.25, 0.3) is 0 Å². The molecular formula is C15H20N2O2. The number of aryl methyl sites for hydroxylation is 1. The Balaban J connectivity index is 2.06. The lowest BCUT2D eigenvalue weighted by atomic mass is 10.0. The molecule has 0 aliphatic heterocycles. The fourth-order valence-electron chi connectivity index (χ4n) is 2.06. The lowest BCUT2D eigenvalue weighted by molar-refractivity contribution is -0.134. The molecule has 4 heteroatoms. The summed E-state index contributed by atoms with van der Waals surface area (Å²) in [6, 6.07) is 7.64. The Hall–Kier alpha value is -1.84. The van der Waals surface area contributed by atoms with E-state index < -0.39 is 5.41 Å². The lowest BCUT2D eigenvalue weighted by Gasteiger charge is -2.17. The van der Waals surface area contributed by atoms with Gasteiger partial charge in [-0.15, -0.1) is 0 Å². The van der Waals surface area contributed by atoms with Crippen LogP contribution in [0.15, 0.2) is 24.3 Å². The first kappa shape index (κ1) is 13.6. The SMILES string of the molecule is Cc1cccc(NC(=O)C2(C(=O)NC(C)C)CC2)c1. The highest BCUT2D eigenvalue weighted by atomic mass is 16.2. The summed E-state index contributed by atoms with van der Waals surface area (Å²) in [5.74, 6) is -0.357. The molecule has 102 valence electrons. The van der Waals surface area contributed by atoms with Crippen LogP contribution >= 0.6 is 0 Å². The summed E-state index contributed by atoms with van der Waals surface area (Å²) in [5.41, 5.74) is 0.969. The van der Waals surface area contributed by atoms with Crippen LogP contribution in [0, 0.1) is 12.3 Å². The summed E-state index contributed by atoms with van der Waals surface area (Å²) in [6.45, 7) is 5.76. The Labute approximate surface area is 113 Å². The van der Waals surface area contributed by atoms with E-state index in [-0.39, 0.29) is 17.9 Å². The molecule has 2 rings (SSSR count). The van der Waals surface area contributed by atoms with Gasteiger partial charge >= 0.3 is 0 Å². The molecule has 0 atom stereocenters. The van der Waals surface area contributed by atoms with Crippen molar-refractivity contribution in [3.63, 3.8) is 0 Å². The largest absolute Gasteiger partial charge is 0.353 e. The highest BCUT2D eigenvalue weighted by Gasteiger charge is 2.56. The summed E-state index contributed by atoms with van der Waals surface area (Å²) >= 11 is 0. The minimum Gasteiger partial charge on any atom is -0.353 e. The Morgan fingerprint density at radius 2 is 1.89 bits per heavy atom. The average molecular weight is 260 g/mol. The molecule has 0 heterocycles. The van der Waals surface area contributed by atoms with Crippen molar-refractivity contribution in [1.29, 1.82) is 0 Å². The van der Waals surface area contributed by atoms with Crippen molar-refractivity contribution in [1.82, 2.24) is 5.32 Å². The Kier molecular flexibility index (Phi) is 3.60. The minimum absolute atomic E-state index is 0.0525. The molecule has 1 aromatic carbocycles. The summed E-state index contributed by atoms with van der Waals surface area (Å²) in [7, 11) is 0. The van der Waals surface area contributed by atoms with Crippen LogP contribution in [0.2, 0.25) is 0 Å². The van der Waals surface area contributed by atoms with Crippen LogP contribution in [-0.4, -0.2) is 17.9 Å². The molecule has 1 saturated carbocycles. The number of hydrogen-bond acceptors (Lipinski definition) is 2. The van der Waals surface area contributed by atoms with Gasteiger partial charge in [0.15, 0.2) is 0 Å². The van der Waals surface area contributed by atoms with Gasteiger partial charge in [0.05, 0.1) is 0 Å². The van der Waals surface area contributed by atoms with Gasteiger partial charge in [-0.05, 0) is 51.3 Å². The number of benzene rings is 1. The smallest absolute Gasteiger partial charge is 0.240 e. The van der Waals surface area contributed by atoms with Gasteiger partial charge in [0, 0.05) is 11.7 Å². The van der Waals surface area contributed by atoms with Gasteiger partial charge in [0.2, 0.25) is 11.8 Å². The van der Waals surface area contributed by atoms with E-state index in [2.05, 4.69) is 10.6 Å². The number of carbonyl (C=O) groups excluding carboxylic acids is 2. The highest BCUT2D eigenvalue weighted by molar-refractivity contribution is 6.13. The van der Waals surface area contributed by atoms with Gasteiger partial charge in [-0.3, -0.25) is 9.59 Å². The van der Waals surface area contributed by atoms with Crippen molar-refractivity contribution in [2.75, 3.05) is 5.32 Å². The number of carbonyl (C=O) groups is 2. The van der Waals surface area contributed by atoms with E-state index in [0.717, 1.165) is 11.3 Å². The molecule has 1 aliphatic carbocycles. The Bertz CT molecular complexity index is 505. The van der Waals surface area contributed by atoms with Crippen LogP contribution in [0.3, 0.4) is 0 Å². The number of rotatable bonds is 4. The summed E-state index contributed by atoms with van der Waals surface area (Å²) in [5, 5.41) is 5.66. The molecule has 1 aromatic rings.